The Labute approximate surface area is 192 Å². The molecule has 178 valence electrons. The van der Waals surface area contributed by atoms with Crippen molar-refractivity contribution in [3.05, 3.63) is 42.0 Å². The van der Waals surface area contributed by atoms with Crippen molar-refractivity contribution in [3.63, 3.8) is 0 Å². The van der Waals surface area contributed by atoms with E-state index in [4.69, 9.17) is 14.2 Å². The zero-order valence-corrected chi connectivity index (χ0v) is 19.7. The number of amides is 2. The van der Waals surface area contributed by atoms with Crippen molar-refractivity contribution in [1.29, 1.82) is 0 Å². The molecular weight excluding hydrogens is 452 g/mol. The largest absolute Gasteiger partial charge is 0.493 e. The van der Waals surface area contributed by atoms with Crippen molar-refractivity contribution in [3.8, 4) is 17.2 Å². The average Bonchev–Trinajstić information content (AvgIpc) is 2.78. The van der Waals surface area contributed by atoms with Crippen LogP contribution in [0.2, 0.25) is 0 Å². The number of nitrogens with one attached hydrogen (secondary N) is 2. The first-order valence-electron chi connectivity index (χ1n) is 9.58. The fraction of sp³-hybridized carbons (Fsp3) is 0.286. The van der Waals surface area contributed by atoms with E-state index >= 15 is 0 Å². The summed E-state index contributed by atoms with van der Waals surface area (Å²) < 4.78 is 42.1. The molecule has 0 saturated carbocycles. The Bertz CT molecular complexity index is 1130. The number of methoxy groups -OCH3 is 3. The van der Waals surface area contributed by atoms with E-state index in [9.17, 15) is 18.0 Å². The van der Waals surface area contributed by atoms with Crippen LogP contribution in [0.25, 0.3) is 0 Å². The molecule has 2 amide bonds. The normalized spacial score (nSPS) is 11.3. The molecule has 0 fully saturated rings. The lowest BCUT2D eigenvalue weighted by atomic mass is 10.2. The smallest absolute Gasteiger partial charge is 0.255 e. The highest BCUT2D eigenvalue weighted by molar-refractivity contribution is 7.89. The molecule has 2 aromatic carbocycles. The Morgan fingerprint density at radius 2 is 1.64 bits per heavy atom. The highest BCUT2D eigenvalue weighted by Crippen LogP contribution is 2.38. The van der Waals surface area contributed by atoms with Crippen LogP contribution in [0.5, 0.6) is 17.2 Å². The van der Waals surface area contributed by atoms with Crippen molar-refractivity contribution < 1.29 is 32.2 Å². The molecule has 33 heavy (non-hydrogen) atoms. The van der Waals surface area contributed by atoms with E-state index in [0.29, 0.717) is 28.5 Å². The molecule has 0 spiro atoms. The molecule has 2 aromatic rings. The lowest BCUT2D eigenvalue weighted by Gasteiger charge is -2.16. The minimum atomic E-state index is -3.93. The standard InChI is InChI=1S/C21H26N4O7S/c1-14(26)23-16-7-9-17(10-8-16)33(28,29)25(2)13-19(27)24-22-12-15-6-11-18(30-3)21(32-5)20(15)31-4/h6-12H,13H2,1-5H3,(H,23,26)(H,24,27)/b22-12-. The van der Waals surface area contributed by atoms with Crippen molar-refractivity contribution in [2.45, 2.75) is 11.8 Å². The summed E-state index contributed by atoms with van der Waals surface area (Å²) in [5, 5.41) is 6.42. The predicted molar refractivity (Wildman–Crippen MR) is 122 cm³/mol. The van der Waals surface area contributed by atoms with Gasteiger partial charge in [0.2, 0.25) is 21.7 Å². The number of anilines is 1. The molecule has 11 nitrogen and oxygen atoms in total. The maximum Gasteiger partial charge on any atom is 0.255 e. The van der Waals surface area contributed by atoms with E-state index in [0.717, 1.165) is 4.31 Å². The number of likely N-dealkylation sites (N-methyl/N-ethyl adjacent to an activating group) is 1. The number of hydrogen-bond acceptors (Lipinski definition) is 8. The summed E-state index contributed by atoms with van der Waals surface area (Å²) in [6.45, 7) is 0.886. The maximum absolute atomic E-state index is 12.7. The van der Waals surface area contributed by atoms with Crippen molar-refractivity contribution in [2.75, 3.05) is 40.2 Å². The summed E-state index contributed by atoms with van der Waals surface area (Å²) >= 11 is 0. The third-order valence-electron chi connectivity index (χ3n) is 4.38. The third-order valence-corrected chi connectivity index (χ3v) is 6.19. The summed E-state index contributed by atoms with van der Waals surface area (Å²) in [4.78, 5) is 23.3. The van der Waals surface area contributed by atoms with Crippen LogP contribution in [0.4, 0.5) is 5.69 Å². The zero-order valence-electron chi connectivity index (χ0n) is 18.9. The summed E-state index contributed by atoms with van der Waals surface area (Å²) in [5.41, 5.74) is 3.25. The third kappa shape index (κ3) is 6.43. The Morgan fingerprint density at radius 1 is 1.00 bits per heavy atom. The van der Waals surface area contributed by atoms with Crippen LogP contribution in [-0.2, 0) is 19.6 Å². The summed E-state index contributed by atoms with van der Waals surface area (Å²) in [6, 6.07) is 8.93. The van der Waals surface area contributed by atoms with Gasteiger partial charge in [0.1, 0.15) is 0 Å². The van der Waals surface area contributed by atoms with Crippen LogP contribution in [0.1, 0.15) is 12.5 Å². The van der Waals surface area contributed by atoms with Gasteiger partial charge in [-0.2, -0.15) is 9.41 Å². The molecule has 0 unspecified atom stereocenters. The van der Waals surface area contributed by atoms with Crippen LogP contribution in [-0.4, -0.2) is 65.7 Å². The maximum atomic E-state index is 12.7. The predicted octanol–water partition coefficient (Wildman–Crippen LogP) is 1.44. The van der Waals surface area contributed by atoms with Gasteiger partial charge in [-0.3, -0.25) is 9.59 Å². The van der Waals surface area contributed by atoms with Gasteiger partial charge in [-0.25, -0.2) is 13.8 Å². The first kappa shape index (κ1) is 25.6. The number of carbonyl (C=O) groups excluding carboxylic acids is 2. The lowest BCUT2D eigenvalue weighted by molar-refractivity contribution is -0.121. The van der Waals surface area contributed by atoms with Gasteiger partial charge in [0.15, 0.2) is 11.5 Å². The van der Waals surface area contributed by atoms with Crippen LogP contribution >= 0.6 is 0 Å². The Morgan fingerprint density at radius 3 is 2.18 bits per heavy atom. The van der Waals surface area contributed by atoms with E-state index in [1.54, 1.807) is 12.1 Å². The van der Waals surface area contributed by atoms with E-state index < -0.39 is 22.5 Å². The van der Waals surface area contributed by atoms with Crippen LogP contribution in [0, 0.1) is 0 Å². The molecule has 0 atom stereocenters. The quantitative estimate of drug-likeness (QED) is 0.390. The zero-order chi connectivity index (χ0) is 24.6. The number of rotatable bonds is 10. The first-order valence-corrected chi connectivity index (χ1v) is 11.0. The number of hydrazone groups is 1. The molecule has 0 bridgehead atoms. The fourth-order valence-corrected chi connectivity index (χ4v) is 3.94. The van der Waals surface area contributed by atoms with Gasteiger partial charge in [-0.15, -0.1) is 0 Å². The van der Waals surface area contributed by atoms with Gasteiger partial charge in [0.25, 0.3) is 5.91 Å². The van der Waals surface area contributed by atoms with E-state index in [-0.39, 0.29) is 10.8 Å². The summed E-state index contributed by atoms with van der Waals surface area (Å²) in [5.74, 6) is 0.271. The van der Waals surface area contributed by atoms with Crippen molar-refractivity contribution in [2.24, 2.45) is 5.10 Å². The van der Waals surface area contributed by atoms with E-state index in [1.165, 1.54) is 65.8 Å². The van der Waals surface area contributed by atoms with Gasteiger partial charge in [0.05, 0.1) is 39.0 Å². The molecular formula is C21H26N4O7S. The fourth-order valence-electron chi connectivity index (χ4n) is 2.82. The molecule has 0 saturated heterocycles. The summed E-state index contributed by atoms with van der Waals surface area (Å²) in [6.07, 6.45) is 1.34. The van der Waals surface area contributed by atoms with Crippen molar-refractivity contribution in [1.82, 2.24) is 9.73 Å². The Kier molecular flexibility index (Phi) is 8.77. The first-order chi connectivity index (χ1) is 15.6. The Hall–Kier alpha value is -3.64. The number of hydrogen-bond donors (Lipinski definition) is 2. The number of benzene rings is 2. The minimum Gasteiger partial charge on any atom is -0.493 e. The second kappa shape index (κ2) is 11.3. The molecule has 0 aliphatic heterocycles. The SMILES string of the molecule is COc1ccc(/C=N\NC(=O)CN(C)S(=O)(=O)c2ccc(NC(C)=O)cc2)c(OC)c1OC. The highest BCUT2D eigenvalue weighted by Gasteiger charge is 2.23. The van der Waals surface area contributed by atoms with Gasteiger partial charge in [0, 0.05) is 25.2 Å². The second-order valence-corrected chi connectivity index (χ2v) is 8.73. The Balaban J connectivity index is 2.05. The van der Waals surface area contributed by atoms with Crippen LogP contribution in [0.3, 0.4) is 0 Å². The van der Waals surface area contributed by atoms with E-state index in [1.807, 2.05) is 0 Å². The van der Waals surface area contributed by atoms with Crippen molar-refractivity contribution >= 4 is 33.7 Å². The van der Waals surface area contributed by atoms with E-state index in [2.05, 4.69) is 15.8 Å². The number of nitrogens with zero attached hydrogens (tertiary/aromatic N) is 2. The van der Waals surface area contributed by atoms with Crippen LogP contribution < -0.4 is 25.0 Å². The molecule has 2 N–H and O–H groups in total. The number of carbonyl (C=O) groups is 2. The molecule has 0 aliphatic rings. The highest BCUT2D eigenvalue weighted by atomic mass is 32.2. The van der Waals surface area contributed by atoms with Gasteiger partial charge in [-0.05, 0) is 36.4 Å². The lowest BCUT2D eigenvalue weighted by Crippen LogP contribution is -2.36. The molecule has 0 aromatic heterocycles. The molecule has 12 heteroatoms. The second-order valence-electron chi connectivity index (χ2n) is 6.68. The molecule has 2 rings (SSSR count). The van der Waals surface area contributed by atoms with Gasteiger partial charge >= 0.3 is 0 Å². The van der Waals surface area contributed by atoms with Gasteiger partial charge < -0.3 is 19.5 Å². The number of ether oxygens (including phenoxy) is 3. The topological polar surface area (TPSA) is 136 Å². The molecule has 0 aliphatic carbocycles. The molecule has 0 radical (unpaired) electrons. The summed E-state index contributed by atoms with van der Waals surface area (Å²) in [7, 11) is 1.76. The monoisotopic (exact) mass is 478 g/mol. The average molecular weight is 479 g/mol. The number of sulfonamides is 1. The van der Waals surface area contributed by atoms with Gasteiger partial charge in [-0.1, -0.05) is 0 Å². The molecule has 0 heterocycles. The minimum absolute atomic E-state index is 0.0227. The van der Waals surface area contributed by atoms with Crippen LogP contribution in [0.15, 0.2) is 46.4 Å².